The average molecular weight is 353 g/mol. The van der Waals surface area contributed by atoms with Gasteiger partial charge in [0, 0.05) is 24.8 Å². The summed E-state index contributed by atoms with van der Waals surface area (Å²) in [6.45, 7) is 7.92. The van der Waals surface area contributed by atoms with Crippen molar-refractivity contribution in [3.63, 3.8) is 0 Å². The number of aromatic nitrogens is 1. The van der Waals surface area contributed by atoms with Crippen LogP contribution >= 0.6 is 0 Å². The van der Waals surface area contributed by atoms with Gasteiger partial charge in [0.2, 0.25) is 5.91 Å². The lowest BCUT2D eigenvalue weighted by atomic mass is 9.87. The zero-order valence-corrected chi connectivity index (χ0v) is 15.7. The van der Waals surface area contributed by atoms with Crippen LogP contribution in [0, 0.1) is 5.92 Å². The predicted molar refractivity (Wildman–Crippen MR) is 105 cm³/mol. The molecular formula is C21H27N3O2. The summed E-state index contributed by atoms with van der Waals surface area (Å²) < 4.78 is 5.30. The fourth-order valence-corrected chi connectivity index (χ4v) is 2.95. The standard InChI is InChI=1S/C21H27N3O2/c1-21(2,3)16-4-6-17(7-5-16)23-19-9-8-18(14-22-19)24-20(25)15-10-12-26-13-11-15/h4-9,14-15H,10-13H2,1-3H3,(H,22,23)(H,24,25). The van der Waals surface area contributed by atoms with Crippen LogP contribution < -0.4 is 10.6 Å². The number of benzene rings is 1. The second-order valence-corrected chi connectivity index (χ2v) is 7.76. The second-order valence-electron chi connectivity index (χ2n) is 7.76. The molecule has 2 N–H and O–H groups in total. The lowest BCUT2D eigenvalue weighted by Gasteiger charge is -2.21. The third kappa shape index (κ3) is 4.82. The number of anilines is 3. The molecule has 1 aromatic heterocycles. The summed E-state index contributed by atoms with van der Waals surface area (Å²) >= 11 is 0. The maximum Gasteiger partial charge on any atom is 0.227 e. The van der Waals surface area contributed by atoms with Gasteiger partial charge in [0.05, 0.1) is 11.9 Å². The zero-order valence-electron chi connectivity index (χ0n) is 15.7. The third-order valence-corrected chi connectivity index (χ3v) is 4.65. The van der Waals surface area contributed by atoms with E-state index in [0.717, 1.165) is 30.0 Å². The summed E-state index contributed by atoms with van der Waals surface area (Å²) in [5.41, 5.74) is 3.14. The number of nitrogens with one attached hydrogen (secondary N) is 2. The van der Waals surface area contributed by atoms with Crippen LogP contribution in [0.25, 0.3) is 0 Å². The topological polar surface area (TPSA) is 63.2 Å². The van der Waals surface area contributed by atoms with E-state index in [9.17, 15) is 4.79 Å². The van der Waals surface area contributed by atoms with Crippen molar-refractivity contribution in [2.45, 2.75) is 39.0 Å². The number of amides is 1. The van der Waals surface area contributed by atoms with Crippen molar-refractivity contribution in [2.75, 3.05) is 23.8 Å². The van der Waals surface area contributed by atoms with E-state index >= 15 is 0 Å². The molecule has 5 nitrogen and oxygen atoms in total. The quantitative estimate of drug-likeness (QED) is 0.850. The van der Waals surface area contributed by atoms with Crippen molar-refractivity contribution in [1.82, 2.24) is 4.98 Å². The third-order valence-electron chi connectivity index (χ3n) is 4.65. The van der Waals surface area contributed by atoms with Gasteiger partial charge in [0.25, 0.3) is 0 Å². The van der Waals surface area contributed by atoms with Crippen LogP contribution in [0.2, 0.25) is 0 Å². The molecule has 26 heavy (non-hydrogen) atoms. The number of carbonyl (C=O) groups is 1. The Bertz CT molecular complexity index is 727. The summed E-state index contributed by atoms with van der Waals surface area (Å²) in [4.78, 5) is 16.6. The minimum Gasteiger partial charge on any atom is -0.381 e. The molecule has 1 aromatic carbocycles. The van der Waals surface area contributed by atoms with E-state index in [1.807, 2.05) is 12.1 Å². The molecular weight excluding hydrogens is 326 g/mol. The molecule has 2 heterocycles. The van der Waals surface area contributed by atoms with Gasteiger partial charge in [0.15, 0.2) is 0 Å². The van der Waals surface area contributed by atoms with Gasteiger partial charge in [-0.1, -0.05) is 32.9 Å². The molecule has 0 radical (unpaired) electrons. The largest absolute Gasteiger partial charge is 0.381 e. The van der Waals surface area contributed by atoms with Gasteiger partial charge in [-0.05, 0) is 48.1 Å². The maximum absolute atomic E-state index is 12.2. The van der Waals surface area contributed by atoms with Crippen molar-refractivity contribution in [3.05, 3.63) is 48.2 Å². The Labute approximate surface area is 155 Å². The molecule has 138 valence electrons. The number of carbonyl (C=O) groups excluding carboxylic acids is 1. The van der Waals surface area contributed by atoms with E-state index in [2.05, 4.69) is 60.7 Å². The van der Waals surface area contributed by atoms with Gasteiger partial charge >= 0.3 is 0 Å². The van der Waals surface area contributed by atoms with E-state index in [1.165, 1.54) is 5.56 Å². The molecule has 1 aliphatic rings. The summed E-state index contributed by atoms with van der Waals surface area (Å²) in [5, 5.41) is 6.23. The summed E-state index contributed by atoms with van der Waals surface area (Å²) in [7, 11) is 0. The fourth-order valence-electron chi connectivity index (χ4n) is 2.95. The summed E-state index contributed by atoms with van der Waals surface area (Å²) in [5.74, 6) is 0.828. The van der Waals surface area contributed by atoms with Crippen molar-refractivity contribution >= 4 is 23.1 Å². The molecule has 0 aliphatic carbocycles. The average Bonchev–Trinajstić information content (AvgIpc) is 2.64. The number of ether oxygens (including phenoxy) is 1. The van der Waals surface area contributed by atoms with Gasteiger partial charge in [-0.2, -0.15) is 0 Å². The van der Waals surface area contributed by atoms with Crippen molar-refractivity contribution in [3.8, 4) is 0 Å². The van der Waals surface area contributed by atoms with E-state index in [0.29, 0.717) is 13.2 Å². The molecule has 0 atom stereocenters. The van der Waals surface area contributed by atoms with Crippen LogP contribution in [0.3, 0.4) is 0 Å². The second kappa shape index (κ2) is 7.87. The highest BCUT2D eigenvalue weighted by atomic mass is 16.5. The summed E-state index contributed by atoms with van der Waals surface area (Å²) in [6.07, 6.45) is 3.25. The number of hydrogen-bond donors (Lipinski definition) is 2. The lowest BCUT2D eigenvalue weighted by Crippen LogP contribution is -2.28. The van der Waals surface area contributed by atoms with E-state index < -0.39 is 0 Å². The molecule has 1 aliphatic heterocycles. The molecule has 0 bridgehead atoms. The first-order valence-corrected chi connectivity index (χ1v) is 9.14. The van der Waals surface area contributed by atoms with Crippen molar-refractivity contribution in [1.29, 1.82) is 0 Å². The highest BCUT2D eigenvalue weighted by Gasteiger charge is 2.21. The molecule has 0 unspecified atom stereocenters. The zero-order chi connectivity index (χ0) is 18.6. The number of pyridine rings is 1. The van der Waals surface area contributed by atoms with Crippen molar-refractivity contribution in [2.24, 2.45) is 5.92 Å². The molecule has 3 rings (SSSR count). The van der Waals surface area contributed by atoms with Gasteiger partial charge < -0.3 is 15.4 Å². The van der Waals surface area contributed by atoms with E-state index in [-0.39, 0.29) is 17.2 Å². The molecule has 2 aromatic rings. The van der Waals surface area contributed by atoms with Crippen LogP contribution in [0.4, 0.5) is 17.2 Å². The number of hydrogen-bond acceptors (Lipinski definition) is 4. The predicted octanol–water partition coefficient (Wildman–Crippen LogP) is 4.49. The first kappa shape index (κ1) is 18.4. The number of nitrogens with zero attached hydrogens (tertiary/aromatic N) is 1. The van der Waals surface area contributed by atoms with Crippen LogP contribution in [0.5, 0.6) is 0 Å². The van der Waals surface area contributed by atoms with Gasteiger partial charge in [-0.3, -0.25) is 4.79 Å². The monoisotopic (exact) mass is 353 g/mol. The first-order valence-electron chi connectivity index (χ1n) is 9.14. The van der Waals surface area contributed by atoms with Crippen LogP contribution in [0.1, 0.15) is 39.2 Å². The molecule has 1 amide bonds. The van der Waals surface area contributed by atoms with Crippen LogP contribution in [-0.2, 0) is 14.9 Å². The lowest BCUT2D eigenvalue weighted by molar-refractivity contribution is -0.122. The minimum atomic E-state index is 0.0304. The van der Waals surface area contributed by atoms with Crippen molar-refractivity contribution < 1.29 is 9.53 Å². The molecule has 0 saturated carbocycles. The maximum atomic E-state index is 12.2. The molecule has 1 saturated heterocycles. The van der Waals surface area contributed by atoms with Gasteiger partial charge in [-0.25, -0.2) is 4.98 Å². The smallest absolute Gasteiger partial charge is 0.227 e. The molecule has 0 spiro atoms. The Morgan fingerprint density at radius 1 is 1.04 bits per heavy atom. The minimum absolute atomic E-state index is 0.0304. The molecule has 5 heteroatoms. The Hall–Kier alpha value is -2.40. The summed E-state index contributed by atoms with van der Waals surface area (Å²) in [6, 6.07) is 12.1. The first-order chi connectivity index (χ1) is 12.4. The fraction of sp³-hybridized carbons (Fsp3) is 0.429. The molecule has 1 fully saturated rings. The van der Waals surface area contributed by atoms with Gasteiger partial charge in [-0.15, -0.1) is 0 Å². The number of rotatable bonds is 4. The Morgan fingerprint density at radius 2 is 1.69 bits per heavy atom. The Morgan fingerprint density at radius 3 is 2.27 bits per heavy atom. The van der Waals surface area contributed by atoms with E-state index in [4.69, 9.17) is 4.74 Å². The Kier molecular flexibility index (Phi) is 5.57. The normalized spacial score (nSPS) is 15.5. The highest BCUT2D eigenvalue weighted by Crippen LogP contribution is 2.25. The van der Waals surface area contributed by atoms with Gasteiger partial charge in [0.1, 0.15) is 5.82 Å². The Balaban J connectivity index is 1.58. The SMILES string of the molecule is CC(C)(C)c1ccc(Nc2ccc(NC(=O)C3CCOCC3)cn2)cc1. The highest BCUT2D eigenvalue weighted by molar-refractivity contribution is 5.92. The van der Waals surface area contributed by atoms with Crippen LogP contribution in [0.15, 0.2) is 42.6 Å². The van der Waals surface area contributed by atoms with Crippen LogP contribution in [-0.4, -0.2) is 24.1 Å². The van der Waals surface area contributed by atoms with E-state index in [1.54, 1.807) is 6.20 Å².